The topological polar surface area (TPSA) is 90.4 Å². The number of rotatable bonds is 5. The van der Waals surface area contributed by atoms with Crippen LogP contribution in [0.2, 0.25) is 0 Å². The van der Waals surface area contributed by atoms with Crippen molar-refractivity contribution in [2.24, 2.45) is 0 Å². The summed E-state index contributed by atoms with van der Waals surface area (Å²) < 4.78 is 11.8. The Hall–Kier alpha value is -2.48. The summed E-state index contributed by atoms with van der Waals surface area (Å²) in [6, 6.07) is 3.86. The van der Waals surface area contributed by atoms with E-state index in [4.69, 9.17) is 9.26 Å². The lowest BCUT2D eigenvalue weighted by Crippen LogP contribution is -2.08. The number of hydrogen-bond acceptors (Lipinski definition) is 7. The highest BCUT2D eigenvalue weighted by Crippen LogP contribution is 2.14. The zero-order valence-electron chi connectivity index (χ0n) is 12.1. The number of aromatic nitrogens is 5. The first kappa shape index (κ1) is 13.5. The second-order valence-corrected chi connectivity index (χ2v) is 4.73. The summed E-state index contributed by atoms with van der Waals surface area (Å²) in [5.41, 5.74) is 2.64. The third-order valence-electron chi connectivity index (χ3n) is 2.88. The van der Waals surface area contributed by atoms with Crippen molar-refractivity contribution in [3.05, 3.63) is 35.2 Å². The van der Waals surface area contributed by atoms with Crippen molar-refractivity contribution in [2.45, 2.75) is 27.0 Å². The Labute approximate surface area is 121 Å². The number of nitrogens with zero attached hydrogens (tertiary/aromatic N) is 5. The summed E-state index contributed by atoms with van der Waals surface area (Å²) in [4.78, 5) is 8.65. The molecule has 3 aromatic heterocycles. The van der Waals surface area contributed by atoms with E-state index >= 15 is 0 Å². The second-order valence-electron chi connectivity index (χ2n) is 4.73. The molecule has 0 atom stereocenters. The predicted molar refractivity (Wildman–Crippen MR) is 74.8 cm³/mol. The van der Waals surface area contributed by atoms with Gasteiger partial charge in [0, 0.05) is 24.9 Å². The van der Waals surface area contributed by atoms with Crippen LogP contribution in [-0.2, 0) is 17.9 Å². The molecule has 110 valence electrons. The highest BCUT2D eigenvalue weighted by molar-refractivity contribution is 5.50. The minimum atomic E-state index is 0.309. The molecule has 0 aliphatic heterocycles. The van der Waals surface area contributed by atoms with E-state index in [1.54, 1.807) is 11.6 Å². The maximum absolute atomic E-state index is 5.05. The van der Waals surface area contributed by atoms with Crippen LogP contribution in [0.25, 0.3) is 5.65 Å². The third kappa shape index (κ3) is 2.84. The third-order valence-corrected chi connectivity index (χ3v) is 2.88. The largest absolute Gasteiger partial charge is 0.375 e. The minimum Gasteiger partial charge on any atom is -0.375 e. The Balaban J connectivity index is 1.80. The van der Waals surface area contributed by atoms with Crippen LogP contribution in [0.4, 0.5) is 5.82 Å². The van der Waals surface area contributed by atoms with Gasteiger partial charge in [-0.25, -0.2) is 4.98 Å². The van der Waals surface area contributed by atoms with Gasteiger partial charge in [0.25, 0.3) is 5.89 Å². The van der Waals surface area contributed by atoms with Gasteiger partial charge >= 0.3 is 0 Å². The van der Waals surface area contributed by atoms with Crippen molar-refractivity contribution in [3.63, 3.8) is 0 Å². The second kappa shape index (κ2) is 5.49. The molecule has 0 aromatic carbocycles. The molecule has 21 heavy (non-hydrogen) atoms. The number of methoxy groups -OCH3 is 1. The van der Waals surface area contributed by atoms with Gasteiger partial charge in [-0.15, -0.1) is 0 Å². The van der Waals surface area contributed by atoms with Crippen molar-refractivity contribution >= 4 is 11.5 Å². The minimum absolute atomic E-state index is 0.309. The van der Waals surface area contributed by atoms with Gasteiger partial charge in [0.1, 0.15) is 12.4 Å². The van der Waals surface area contributed by atoms with Gasteiger partial charge in [0.05, 0.1) is 12.2 Å². The van der Waals surface area contributed by atoms with Gasteiger partial charge in [-0.2, -0.15) is 14.6 Å². The molecular formula is C13H16N6O2. The molecule has 3 rings (SSSR count). The molecule has 8 heteroatoms. The summed E-state index contributed by atoms with van der Waals surface area (Å²) in [6.07, 6.45) is 0. The fourth-order valence-corrected chi connectivity index (χ4v) is 2.05. The van der Waals surface area contributed by atoms with Crippen molar-refractivity contribution in [1.29, 1.82) is 0 Å². The van der Waals surface area contributed by atoms with E-state index in [2.05, 4.69) is 25.5 Å². The first-order valence-corrected chi connectivity index (χ1v) is 6.54. The lowest BCUT2D eigenvalue weighted by atomic mass is 10.4. The number of anilines is 1. The molecule has 0 aliphatic rings. The van der Waals surface area contributed by atoms with Crippen LogP contribution in [0, 0.1) is 13.8 Å². The maximum Gasteiger partial charge on any atom is 0.252 e. The van der Waals surface area contributed by atoms with Gasteiger partial charge in [-0.3, -0.25) is 0 Å². The van der Waals surface area contributed by atoms with Crippen molar-refractivity contribution < 1.29 is 9.26 Å². The molecule has 0 amide bonds. The molecule has 0 spiro atoms. The van der Waals surface area contributed by atoms with E-state index in [-0.39, 0.29) is 0 Å². The van der Waals surface area contributed by atoms with Gasteiger partial charge in [0.15, 0.2) is 11.5 Å². The predicted octanol–water partition coefficient (Wildman–Crippen LogP) is 1.49. The summed E-state index contributed by atoms with van der Waals surface area (Å²) in [5, 5.41) is 11.5. The highest BCUT2D eigenvalue weighted by atomic mass is 16.5. The Kier molecular flexibility index (Phi) is 3.53. The van der Waals surface area contributed by atoms with Gasteiger partial charge < -0.3 is 14.6 Å². The molecule has 0 fully saturated rings. The molecule has 8 nitrogen and oxygen atoms in total. The van der Waals surface area contributed by atoms with E-state index in [0.29, 0.717) is 24.9 Å². The number of hydrogen-bond donors (Lipinski definition) is 1. The number of aryl methyl sites for hydroxylation is 2. The number of nitrogens with one attached hydrogen (secondary N) is 1. The highest BCUT2D eigenvalue weighted by Gasteiger charge is 2.09. The van der Waals surface area contributed by atoms with Crippen LogP contribution in [0.3, 0.4) is 0 Å². The number of ether oxygens (including phenoxy) is 1. The van der Waals surface area contributed by atoms with Gasteiger partial charge in [-0.05, 0) is 13.8 Å². The molecule has 0 saturated carbocycles. The zero-order valence-corrected chi connectivity index (χ0v) is 12.1. The van der Waals surface area contributed by atoms with Crippen LogP contribution in [-0.4, -0.2) is 31.8 Å². The molecule has 0 bridgehead atoms. The smallest absolute Gasteiger partial charge is 0.252 e. The van der Waals surface area contributed by atoms with E-state index in [1.807, 2.05) is 26.0 Å². The maximum atomic E-state index is 5.05. The van der Waals surface area contributed by atoms with Gasteiger partial charge in [0.2, 0.25) is 0 Å². The molecule has 3 aromatic rings. The lowest BCUT2D eigenvalue weighted by molar-refractivity contribution is 0.151. The Morgan fingerprint density at radius 2 is 2.10 bits per heavy atom. The van der Waals surface area contributed by atoms with E-state index in [0.717, 1.165) is 22.9 Å². The summed E-state index contributed by atoms with van der Waals surface area (Å²) in [7, 11) is 1.58. The molecule has 0 aliphatic carbocycles. The monoisotopic (exact) mass is 288 g/mol. The molecule has 0 radical (unpaired) electrons. The van der Waals surface area contributed by atoms with Gasteiger partial charge in [-0.1, -0.05) is 5.16 Å². The van der Waals surface area contributed by atoms with Crippen LogP contribution in [0.5, 0.6) is 0 Å². The Bertz CT molecular complexity index is 763. The molecule has 3 heterocycles. The van der Waals surface area contributed by atoms with Crippen LogP contribution < -0.4 is 5.32 Å². The van der Waals surface area contributed by atoms with E-state index < -0.39 is 0 Å². The Morgan fingerprint density at radius 3 is 2.90 bits per heavy atom. The first-order chi connectivity index (χ1) is 10.2. The fraction of sp³-hybridized carbons (Fsp3) is 0.385. The quantitative estimate of drug-likeness (QED) is 0.760. The van der Waals surface area contributed by atoms with Crippen LogP contribution in [0.1, 0.15) is 23.1 Å². The van der Waals surface area contributed by atoms with Crippen molar-refractivity contribution in [1.82, 2.24) is 24.7 Å². The van der Waals surface area contributed by atoms with E-state index in [9.17, 15) is 0 Å². The Morgan fingerprint density at radius 1 is 1.24 bits per heavy atom. The first-order valence-electron chi connectivity index (χ1n) is 6.54. The molecular weight excluding hydrogens is 272 g/mol. The van der Waals surface area contributed by atoms with Crippen molar-refractivity contribution in [2.75, 3.05) is 12.4 Å². The number of fused-ring (bicyclic) bond motifs is 1. The molecule has 0 unspecified atom stereocenters. The van der Waals surface area contributed by atoms with Crippen LogP contribution >= 0.6 is 0 Å². The summed E-state index contributed by atoms with van der Waals surface area (Å²) in [6.45, 7) is 4.62. The van der Waals surface area contributed by atoms with Crippen LogP contribution in [0.15, 0.2) is 16.7 Å². The SMILES string of the molecule is COCc1nc(CNc2cc(C)nc3cc(C)nn23)no1. The molecule has 0 saturated heterocycles. The average Bonchev–Trinajstić information content (AvgIpc) is 3.02. The summed E-state index contributed by atoms with van der Waals surface area (Å²) >= 11 is 0. The fourth-order valence-electron chi connectivity index (χ4n) is 2.05. The van der Waals surface area contributed by atoms with E-state index in [1.165, 1.54) is 0 Å². The molecule has 1 N–H and O–H groups in total. The zero-order chi connectivity index (χ0) is 14.8. The lowest BCUT2D eigenvalue weighted by Gasteiger charge is -2.07. The standard InChI is InChI=1S/C13H16N6O2/c1-8-4-11(19-12(15-8)5-9(2)17-19)14-6-10-16-13(7-20-3)21-18-10/h4-5,14H,6-7H2,1-3H3. The summed E-state index contributed by atoms with van der Waals surface area (Å²) in [5.74, 6) is 1.86. The normalized spacial score (nSPS) is 11.2. The average molecular weight is 288 g/mol. The van der Waals surface area contributed by atoms with Crippen molar-refractivity contribution in [3.8, 4) is 0 Å².